The molecule has 0 saturated carbocycles. The average Bonchev–Trinajstić information content (AvgIpc) is 1.52. The first-order valence-corrected chi connectivity index (χ1v) is 34.9. The van der Waals surface area contributed by atoms with Gasteiger partial charge in [0.1, 0.15) is 45.0 Å². The lowest BCUT2D eigenvalue weighted by Gasteiger charge is -2.20. The number of nitrogens with one attached hydrogen (secondary N) is 1. The van der Waals surface area contributed by atoms with E-state index in [1.165, 1.54) is 0 Å². The minimum atomic E-state index is 0.269. The third-order valence-corrected chi connectivity index (χ3v) is 19.0. The zero-order valence-electron chi connectivity index (χ0n) is 56.4. The Kier molecular flexibility index (Phi) is 17.2. The number of aryl methyl sites for hydroxylation is 2. The molecular weight excluding hydrogens is 1190 g/mol. The largest absolute Gasteiger partial charge is 0.492 e. The summed E-state index contributed by atoms with van der Waals surface area (Å²) >= 11 is 0. The number of aliphatic imine (C=N–C) groups is 4. The van der Waals surface area contributed by atoms with Crippen LogP contribution in [0, 0.1) is 13.8 Å². The molecule has 0 spiro atoms. The van der Waals surface area contributed by atoms with Crippen molar-refractivity contribution in [2.45, 2.75) is 139 Å². The molecule has 0 saturated heterocycles. The van der Waals surface area contributed by atoms with Crippen molar-refractivity contribution in [3.05, 3.63) is 164 Å². The Bertz CT molecular complexity index is 5410. The highest BCUT2D eigenvalue weighted by molar-refractivity contribution is 6.31. The van der Waals surface area contributed by atoms with Crippen molar-refractivity contribution >= 4 is 110 Å². The molecule has 11 aromatic rings. The highest BCUT2D eigenvalue weighted by Gasteiger charge is 2.38. The normalized spacial score (nSPS) is 13.9. The Labute approximate surface area is 558 Å². The zero-order chi connectivity index (χ0) is 65.6. The Hall–Kier alpha value is -10.0. The van der Waals surface area contributed by atoms with Crippen molar-refractivity contribution in [3.8, 4) is 34.5 Å². The maximum Gasteiger partial charge on any atom is 0.168 e. The van der Waals surface area contributed by atoms with E-state index in [0.29, 0.717) is 147 Å². The van der Waals surface area contributed by atoms with Gasteiger partial charge in [-0.3, -0.25) is 9.97 Å². The Morgan fingerprint density at radius 1 is 0.344 bits per heavy atom. The second kappa shape index (κ2) is 26.6. The number of rotatable bonds is 24. The van der Waals surface area contributed by atoms with Crippen LogP contribution in [0.25, 0.3) is 87.1 Å². The summed E-state index contributed by atoms with van der Waals surface area (Å²) in [6.07, 6.45) is 14.5. The molecule has 6 heterocycles. The van der Waals surface area contributed by atoms with Gasteiger partial charge in [-0.05, 0) is 121 Å². The summed E-state index contributed by atoms with van der Waals surface area (Å²) in [7, 11) is 0. The molecule has 15 rings (SSSR count). The minimum Gasteiger partial charge on any atom is -0.492 e. The van der Waals surface area contributed by atoms with Crippen LogP contribution in [0.1, 0.15) is 158 Å². The lowest BCUT2D eigenvalue weighted by Crippen LogP contribution is -2.30. The first kappa shape index (κ1) is 62.1. The van der Waals surface area contributed by atoms with E-state index in [1.807, 2.05) is 24.5 Å². The number of pyridine rings is 2. The molecule has 1 N–H and O–H groups in total. The highest BCUT2D eigenvalue weighted by atomic mass is 16.5. The van der Waals surface area contributed by atoms with Gasteiger partial charge in [0.2, 0.25) is 0 Å². The summed E-state index contributed by atoms with van der Waals surface area (Å²) < 4.78 is 43.2. The number of H-pyrrole nitrogens is 1. The lowest BCUT2D eigenvalue weighted by atomic mass is 9.95. The van der Waals surface area contributed by atoms with Gasteiger partial charge in [-0.1, -0.05) is 141 Å². The number of ether oxygens (including phenoxy) is 6. The van der Waals surface area contributed by atoms with Crippen LogP contribution in [0.15, 0.2) is 139 Å². The van der Waals surface area contributed by atoms with Crippen LogP contribution < -0.4 is 49.8 Å². The van der Waals surface area contributed by atoms with E-state index in [1.54, 1.807) is 0 Å². The third-order valence-electron chi connectivity index (χ3n) is 19.0. The molecular formula is C81H81N9O6. The quantitative estimate of drug-likeness (QED) is 0.0460. The van der Waals surface area contributed by atoms with Crippen molar-refractivity contribution in [2.75, 3.05) is 39.6 Å². The maximum atomic E-state index is 7.26. The van der Waals surface area contributed by atoms with Crippen LogP contribution in [0.4, 0.5) is 0 Å². The lowest BCUT2D eigenvalue weighted by molar-refractivity contribution is 0.305. The molecule has 0 amide bonds. The fourth-order valence-corrected chi connectivity index (χ4v) is 14.1. The van der Waals surface area contributed by atoms with Gasteiger partial charge in [0.25, 0.3) is 0 Å². The van der Waals surface area contributed by atoms with Crippen molar-refractivity contribution in [3.63, 3.8) is 0 Å². The number of benzene rings is 8. The molecule has 8 aromatic carbocycles. The molecule has 486 valence electrons. The van der Waals surface area contributed by atoms with Crippen molar-refractivity contribution in [2.24, 2.45) is 30.0 Å². The molecule has 4 aliphatic rings. The van der Waals surface area contributed by atoms with Crippen LogP contribution in [-0.4, -0.2) is 77.9 Å². The number of fused-ring (bicyclic) bond motifs is 22. The first-order chi connectivity index (χ1) is 47.2. The molecule has 0 radical (unpaired) electrons. The topological polar surface area (TPSA) is 171 Å². The highest BCUT2D eigenvalue weighted by Crippen LogP contribution is 2.49. The van der Waals surface area contributed by atoms with Crippen molar-refractivity contribution in [1.82, 2.24) is 15.0 Å². The maximum absolute atomic E-state index is 7.26. The molecule has 0 atom stereocenters. The van der Waals surface area contributed by atoms with Crippen LogP contribution in [0.2, 0.25) is 0 Å². The number of hydrogen-bond donors (Lipinski definition) is 1. The van der Waals surface area contributed by atoms with E-state index in [-0.39, 0.29) is 6.42 Å². The van der Waals surface area contributed by atoms with Crippen LogP contribution in [0.3, 0.4) is 0 Å². The fraction of sp³-hybridized carbons (Fsp3) is 0.333. The van der Waals surface area contributed by atoms with Gasteiger partial charge < -0.3 is 33.4 Å². The minimum absolute atomic E-state index is 0.269. The molecule has 3 aliphatic heterocycles. The summed E-state index contributed by atoms with van der Waals surface area (Å²) in [5.74, 6) is 5.51. The van der Waals surface area contributed by atoms with Crippen molar-refractivity contribution < 1.29 is 28.4 Å². The average molecular weight is 1280 g/mol. The summed E-state index contributed by atoms with van der Waals surface area (Å²) in [6.45, 7) is 20.1. The van der Waals surface area contributed by atoms with Crippen molar-refractivity contribution in [1.29, 1.82) is 0 Å². The zero-order valence-corrected chi connectivity index (χ0v) is 56.4. The number of aromatic nitrogens is 3. The molecule has 0 unspecified atom stereocenters. The Balaban J connectivity index is 1.17. The Morgan fingerprint density at radius 2 is 0.688 bits per heavy atom. The van der Waals surface area contributed by atoms with Crippen LogP contribution in [-0.2, 0) is 0 Å². The predicted octanol–water partition coefficient (Wildman–Crippen LogP) is 16.6. The van der Waals surface area contributed by atoms with Crippen LogP contribution in [0.5, 0.6) is 34.5 Å². The van der Waals surface area contributed by atoms with E-state index in [4.69, 9.17) is 68.3 Å². The molecule has 96 heavy (non-hydrogen) atoms. The Morgan fingerprint density at radius 3 is 1.09 bits per heavy atom. The van der Waals surface area contributed by atoms with Gasteiger partial charge in [-0.25, -0.2) is 30.0 Å². The van der Waals surface area contributed by atoms with E-state index in [0.717, 1.165) is 169 Å². The van der Waals surface area contributed by atoms with E-state index in [2.05, 4.69) is 145 Å². The summed E-state index contributed by atoms with van der Waals surface area (Å²) in [6, 6.07) is 34.1. The van der Waals surface area contributed by atoms with Gasteiger partial charge in [0.05, 0.1) is 83.9 Å². The second-order valence-corrected chi connectivity index (χ2v) is 25.6. The first-order valence-electron chi connectivity index (χ1n) is 34.9. The molecule has 0 fully saturated rings. The standard InChI is InChI=1S/C81H81N9O6/c1-9-15-35-91-70-54-41-48-27-21-23-29-50(48)43-56(54)72(93-37-17-11-3)66-64(70)77-84-58-45-59(62-60(58)46(7)52-31-25-33-82-68(52)74(62)95-39-19-13-5)85-78-65-67(73(94-38-18-12-4)57-44-51-30-24-22-28-49(51)42-55(57)71(65)92-36-16-10-2)81(89-78)90-79-63-61(76(86-79)87-80(66)88-77)47(8)53-32-26-34-83-69(53)75(63)96-40-20-14-6/h21-34,41-44H,9-20,35-40,45H2,1-8H3,(H,84,85,86,87,88,89,90). The number of aromatic amines is 1. The van der Waals surface area contributed by atoms with E-state index >= 15 is 0 Å². The summed E-state index contributed by atoms with van der Waals surface area (Å²) in [5, 5.41) is 12.9. The molecule has 15 heteroatoms. The van der Waals surface area contributed by atoms with E-state index < -0.39 is 0 Å². The smallest absolute Gasteiger partial charge is 0.168 e. The van der Waals surface area contributed by atoms with E-state index in [9.17, 15) is 0 Å². The van der Waals surface area contributed by atoms with Gasteiger partial charge in [-0.2, -0.15) is 0 Å². The second-order valence-electron chi connectivity index (χ2n) is 25.6. The van der Waals surface area contributed by atoms with Gasteiger partial charge in [-0.15, -0.1) is 0 Å². The monoisotopic (exact) mass is 1280 g/mol. The number of nitrogens with zero attached hydrogens (tertiary/aromatic N) is 8. The molecule has 8 bridgehead atoms. The summed E-state index contributed by atoms with van der Waals surface area (Å²) in [5.41, 5.74) is 8.55. The van der Waals surface area contributed by atoms with Crippen LogP contribution >= 0.6 is 0 Å². The number of amidine groups is 4. The molecule has 1 aliphatic carbocycles. The van der Waals surface area contributed by atoms with Gasteiger partial charge in [0, 0.05) is 61.7 Å². The predicted molar refractivity (Wildman–Crippen MR) is 389 cm³/mol. The number of hydrogen-bond acceptors (Lipinski definition) is 14. The van der Waals surface area contributed by atoms with Gasteiger partial charge in [0.15, 0.2) is 34.8 Å². The summed E-state index contributed by atoms with van der Waals surface area (Å²) in [4.78, 5) is 49.2. The third kappa shape index (κ3) is 10.7. The molecule has 15 nitrogen and oxygen atoms in total. The van der Waals surface area contributed by atoms with Gasteiger partial charge >= 0.3 is 0 Å². The molecule has 3 aromatic heterocycles. The SMILES string of the molecule is CCCCOc1c2c(c(OCCCC)c3cc4ccccc4cc13)C1=NC3=c4c(C)c5cccnc5c(OCCCC)c4=C(C3)N=C3N=C(N=c4[nH]c(c5c(C)c6cccnc6c(OCCCC)c45)=NC2=N1)c1c3c(OCCCC)c2cc3ccccc3cc2c1OCCCC. The fourth-order valence-electron chi connectivity index (χ4n) is 14.1. The number of unbranched alkanes of at least 4 members (excludes halogenated alkanes) is 6.